The van der Waals surface area contributed by atoms with Gasteiger partial charge in [-0.05, 0) is 31.2 Å². The fourth-order valence-electron chi connectivity index (χ4n) is 2.14. The van der Waals surface area contributed by atoms with Crippen molar-refractivity contribution in [3.63, 3.8) is 0 Å². The first-order valence-electron chi connectivity index (χ1n) is 6.14. The molecule has 1 atom stereocenters. The lowest BCUT2D eigenvalue weighted by atomic mass is 10.0. The summed E-state index contributed by atoms with van der Waals surface area (Å²) in [6, 6.07) is 5.04. The second-order valence-corrected chi connectivity index (χ2v) is 4.37. The Hall–Kier alpha value is -1.68. The molecule has 0 bridgehead atoms. The van der Waals surface area contributed by atoms with Crippen molar-refractivity contribution in [3.8, 4) is 11.4 Å². The SMILES string of the molecule is CCNC(C)c1ccc(F)cc1-c1nccn1C. The molecule has 4 heteroatoms. The van der Waals surface area contributed by atoms with E-state index in [0.717, 1.165) is 23.5 Å². The number of imidazole rings is 1. The molecule has 0 aliphatic rings. The van der Waals surface area contributed by atoms with Crippen molar-refractivity contribution in [1.82, 2.24) is 14.9 Å². The highest BCUT2D eigenvalue weighted by Crippen LogP contribution is 2.27. The van der Waals surface area contributed by atoms with Gasteiger partial charge in [0.2, 0.25) is 0 Å². The Morgan fingerprint density at radius 2 is 2.22 bits per heavy atom. The molecule has 2 aromatic rings. The number of nitrogens with zero attached hydrogens (tertiary/aromatic N) is 2. The van der Waals surface area contributed by atoms with E-state index in [4.69, 9.17) is 0 Å². The Morgan fingerprint density at radius 3 is 2.83 bits per heavy atom. The highest BCUT2D eigenvalue weighted by molar-refractivity contribution is 5.61. The summed E-state index contributed by atoms with van der Waals surface area (Å²) in [5, 5.41) is 3.34. The molecule has 0 aliphatic heterocycles. The predicted octanol–water partition coefficient (Wildman–Crippen LogP) is 2.90. The van der Waals surface area contributed by atoms with Crippen molar-refractivity contribution in [3.05, 3.63) is 42.0 Å². The topological polar surface area (TPSA) is 29.9 Å². The van der Waals surface area contributed by atoms with Crippen molar-refractivity contribution < 1.29 is 4.39 Å². The van der Waals surface area contributed by atoms with E-state index in [0.29, 0.717) is 0 Å². The Bertz CT molecular complexity index is 534. The van der Waals surface area contributed by atoms with E-state index in [1.54, 1.807) is 12.3 Å². The summed E-state index contributed by atoms with van der Waals surface area (Å²) >= 11 is 0. The van der Waals surface area contributed by atoms with E-state index < -0.39 is 0 Å². The minimum Gasteiger partial charge on any atom is -0.334 e. The van der Waals surface area contributed by atoms with Crippen LogP contribution in [0.5, 0.6) is 0 Å². The number of rotatable bonds is 4. The van der Waals surface area contributed by atoms with Gasteiger partial charge in [0.15, 0.2) is 0 Å². The lowest BCUT2D eigenvalue weighted by Gasteiger charge is -2.17. The van der Waals surface area contributed by atoms with Crippen LogP contribution in [0.2, 0.25) is 0 Å². The van der Waals surface area contributed by atoms with Crippen LogP contribution in [0.15, 0.2) is 30.6 Å². The molecular formula is C14H18FN3. The quantitative estimate of drug-likeness (QED) is 0.900. The first-order chi connectivity index (χ1) is 8.63. The molecule has 2 rings (SSSR count). The van der Waals surface area contributed by atoms with E-state index in [2.05, 4.69) is 24.1 Å². The van der Waals surface area contributed by atoms with Gasteiger partial charge in [-0.2, -0.15) is 0 Å². The molecule has 0 saturated heterocycles. The van der Waals surface area contributed by atoms with Gasteiger partial charge < -0.3 is 9.88 Å². The van der Waals surface area contributed by atoms with E-state index in [1.165, 1.54) is 6.07 Å². The monoisotopic (exact) mass is 247 g/mol. The number of hydrogen-bond donors (Lipinski definition) is 1. The number of halogens is 1. The number of aromatic nitrogens is 2. The fraction of sp³-hybridized carbons (Fsp3) is 0.357. The fourth-order valence-corrected chi connectivity index (χ4v) is 2.14. The summed E-state index contributed by atoms with van der Waals surface area (Å²) in [6.45, 7) is 5.00. The Morgan fingerprint density at radius 1 is 1.44 bits per heavy atom. The number of hydrogen-bond acceptors (Lipinski definition) is 2. The van der Waals surface area contributed by atoms with Crippen LogP contribution in [-0.4, -0.2) is 16.1 Å². The van der Waals surface area contributed by atoms with Crippen molar-refractivity contribution in [2.24, 2.45) is 7.05 Å². The lowest BCUT2D eigenvalue weighted by molar-refractivity contribution is 0.592. The molecule has 96 valence electrons. The molecule has 1 aromatic carbocycles. The molecule has 0 saturated carbocycles. The van der Waals surface area contributed by atoms with Gasteiger partial charge in [-0.25, -0.2) is 9.37 Å². The Kier molecular flexibility index (Phi) is 3.77. The number of nitrogens with one attached hydrogen (secondary N) is 1. The minimum absolute atomic E-state index is 0.169. The molecule has 0 amide bonds. The van der Waals surface area contributed by atoms with Crippen LogP contribution >= 0.6 is 0 Å². The first-order valence-corrected chi connectivity index (χ1v) is 6.14. The molecule has 1 N–H and O–H groups in total. The highest BCUT2D eigenvalue weighted by Gasteiger charge is 2.14. The molecule has 1 unspecified atom stereocenters. The smallest absolute Gasteiger partial charge is 0.140 e. The molecule has 18 heavy (non-hydrogen) atoms. The zero-order valence-corrected chi connectivity index (χ0v) is 10.9. The summed E-state index contributed by atoms with van der Waals surface area (Å²) in [5.74, 6) is 0.551. The van der Waals surface area contributed by atoms with Crippen LogP contribution in [0.1, 0.15) is 25.5 Å². The zero-order valence-electron chi connectivity index (χ0n) is 10.9. The zero-order chi connectivity index (χ0) is 13.1. The van der Waals surface area contributed by atoms with Gasteiger partial charge in [0.1, 0.15) is 11.6 Å². The number of aryl methyl sites for hydroxylation is 1. The summed E-state index contributed by atoms with van der Waals surface area (Å²) in [4.78, 5) is 4.30. The molecule has 1 heterocycles. The molecule has 3 nitrogen and oxygen atoms in total. The predicted molar refractivity (Wildman–Crippen MR) is 70.7 cm³/mol. The largest absolute Gasteiger partial charge is 0.334 e. The van der Waals surface area contributed by atoms with Crippen LogP contribution in [0.3, 0.4) is 0 Å². The Balaban J connectivity index is 2.51. The van der Waals surface area contributed by atoms with Gasteiger partial charge in [-0.1, -0.05) is 13.0 Å². The molecule has 0 fully saturated rings. The molecule has 0 aliphatic carbocycles. The van der Waals surface area contributed by atoms with Crippen molar-refractivity contribution in [2.75, 3.05) is 6.54 Å². The van der Waals surface area contributed by atoms with E-state index in [1.807, 2.05) is 23.9 Å². The van der Waals surface area contributed by atoms with Gasteiger partial charge in [0.25, 0.3) is 0 Å². The van der Waals surface area contributed by atoms with Gasteiger partial charge >= 0.3 is 0 Å². The summed E-state index contributed by atoms with van der Waals surface area (Å²) in [6.07, 6.45) is 3.59. The maximum absolute atomic E-state index is 13.5. The summed E-state index contributed by atoms with van der Waals surface area (Å²) in [7, 11) is 1.91. The second kappa shape index (κ2) is 5.31. The summed E-state index contributed by atoms with van der Waals surface area (Å²) in [5.41, 5.74) is 1.91. The molecule has 1 aromatic heterocycles. The average molecular weight is 247 g/mol. The first kappa shape index (κ1) is 12.8. The van der Waals surface area contributed by atoms with Crippen LogP contribution < -0.4 is 5.32 Å². The summed E-state index contributed by atoms with van der Waals surface area (Å²) < 4.78 is 15.4. The van der Waals surface area contributed by atoms with Crippen LogP contribution in [0, 0.1) is 5.82 Å². The average Bonchev–Trinajstić information content (AvgIpc) is 2.75. The lowest BCUT2D eigenvalue weighted by Crippen LogP contribution is -2.18. The number of benzene rings is 1. The van der Waals surface area contributed by atoms with Crippen molar-refractivity contribution in [1.29, 1.82) is 0 Å². The maximum atomic E-state index is 13.5. The highest BCUT2D eigenvalue weighted by atomic mass is 19.1. The second-order valence-electron chi connectivity index (χ2n) is 4.37. The van der Waals surface area contributed by atoms with Crippen LogP contribution in [-0.2, 0) is 7.05 Å². The minimum atomic E-state index is -0.236. The van der Waals surface area contributed by atoms with Crippen LogP contribution in [0.4, 0.5) is 4.39 Å². The van der Waals surface area contributed by atoms with Crippen molar-refractivity contribution >= 4 is 0 Å². The van der Waals surface area contributed by atoms with Gasteiger partial charge in [-0.15, -0.1) is 0 Å². The van der Waals surface area contributed by atoms with Crippen molar-refractivity contribution in [2.45, 2.75) is 19.9 Å². The molecular weight excluding hydrogens is 229 g/mol. The van der Waals surface area contributed by atoms with E-state index in [-0.39, 0.29) is 11.9 Å². The standard InChI is InChI=1S/C14H18FN3/c1-4-16-10(2)12-6-5-11(15)9-13(12)14-17-7-8-18(14)3/h5-10,16H,4H2,1-3H3. The molecule has 0 spiro atoms. The third-order valence-corrected chi connectivity index (χ3v) is 3.05. The van der Waals surface area contributed by atoms with E-state index >= 15 is 0 Å². The molecule has 0 radical (unpaired) electrons. The van der Waals surface area contributed by atoms with Crippen LogP contribution in [0.25, 0.3) is 11.4 Å². The third-order valence-electron chi connectivity index (χ3n) is 3.05. The van der Waals surface area contributed by atoms with Gasteiger partial charge in [-0.3, -0.25) is 0 Å². The van der Waals surface area contributed by atoms with Gasteiger partial charge in [0.05, 0.1) is 0 Å². The normalized spacial score (nSPS) is 12.7. The maximum Gasteiger partial charge on any atom is 0.140 e. The third kappa shape index (κ3) is 2.43. The Labute approximate surface area is 107 Å². The van der Waals surface area contributed by atoms with E-state index in [9.17, 15) is 4.39 Å². The van der Waals surface area contributed by atoms with Gasteiger partial charge in [0, 0.05) is 31.0 Å².